The summed E-state index contributed by atoms with van der Waals surface area (Å²) in [5, 5.41) is 0. The number of hydrogen-bond acceptors (Lipinski definition) is 1. The standard InChI is InChI=1S/C7H8S.2C7H7.Sb/c8-6-7-4-2-1-3-5-7;2*1-7-5-3-2-4-6-7;/h1-5,8H,6H2;2*2-6H,1H2;/q;;;+1/p-1. The molecule has 0 aliphatic carbocycles. The first-order valence-corrected chi connectivity index (χ1v) is 11.9. The zero-order valence-corrected chi connectivity index (χ0v) is 16.5. The molecule has 3 aromatic carbocycles. The molecule has 0 nitrogen and oxygen atoms in total. The fourth-order valence-electron chi connectivity index (χ4n) is 2.06. The van der Waals surface area contributed by atoms with Crippen LogP contribution in [0.25, 0.3) is 0 Å². The maximum atomic E-state index is 4.82. The average molecular weight is 427 g/mol. The van der Waals surface area contributed by atoms with Crippen LogP contribution in [-0.2, 0) is 27.1 Å². The van der Waals surface area contributed by atoms with E-state index in [4.69, 9.17) is 12.6 Å². The molecule has 0 amide bonds. The molecular weight excluding hydrogens is 406 g/mol. The van der Waals surface area contributed by atoms with E-state index in [0.29, 0.717) is 0 Å². The van der Waals surface area contributed by atoms with Crippen LogP contribution in [0.1, 0.15) is 16.7 Å². The molecule has 116 valence electrons. The summed E-state index contributed by atoms with van der Waals surface area (Å²) >= 11 is 4.74. The van der Waals surface area contributed by atoms with Gasteiger partial charge < -0.3 is 12.6 Å². The summed E-state index contributed by atoms with van der Waals surface area (Å²) in [6.07, 6.45) is 0. The molecular formula is C21H21SSb. The summed E-state index contributed by atoms with van der Waals surface area (Å²) in [6, 6.07) is 31.7. The summed E-state index contributed by atoms with van der Waals surface area (Å²) in [5.41, 5.74) is 4.23. The van der Waals surface area contributed by atoms with Crippen LogP contribution in [0.4, 0.5) is 0 Å². The Labute approximate surface area is 155 Å². The molecule has 0 saturated carbocycles. The van der Waals surface area contributed by atoms with Crippen molar-refractivity contribution in [3.05, 3.63) is 108 Å². The van der Waals surface area contributed by atoms with Gasteiger partial charge in [0, 0.05) is 0 Å². The second kappa shape index (κ2) is 11.4. The van der Waals surface area contributed by atoms with Gasteiger partial charge >= 0.3 is 102 Å². The predicted octanol–water partition coefficient (Wildman–Crippen LogP) is 4.82. The van der Waals surface area contributed by atoms with Crippen molar-refractivity contribution < 1.29 is 0 Å². The molecule has 0 aromatic heterocycles. The van der Waals surface area contributed by atoms with Gasteiger partial charge in [-0.25, -0.2) is 0 Å². The summed E-state index contributed by atoms with van der Waals surface area (Å²) in [6.45, 7) is 0. The summed E-state index contributed by atoms with van der Waals surface area (Å²) < 4.78 is 2.65. The van der Waals surface area contributed by atoms with Crippen molar-refractivity contribution in [2.75, 3.05) is 0 Å². The fourth-order valence-corrected chi connectivity index (χ4v) is 5.24. The molecule has 2 heteroatoms. The monoisotopic (exact) mass is 426 g/mol. The SMILES string of the molecule is [S-]Cc1ccccc1.c1ccc([CH2][Sb+][CH2]c2ccccc2)cc1. The van der Waals surface area contributed by atoms with Gasteiger partial charge in [-0.05, 0) is 0 Å². The Kier molecular flexibility index (Phi) is 8.99. The molecule has 3 aromatic rings. The average Bonchev–Trinajstić information content (AvgIpc) is 2.65. The van der Waals surface area contributed by atoms with Crippen LogP contribution < -0.4 is 0 Å². The third kappa shape index (κ3) is 7.77. The van der Waals surface area contributed by atoms with Crippen molar-refractivity contribution in [2.45, 2.75) is 14.5 Å². The van der Waals surface area contributed by atoms with E-state index in [0.717, 1.165) is 5.75 Å². The molecule has 0 fully saturated rings. The van der Waals surface area contributed by atoms with Gasteiger partial charge in [-0.2, -0.15) is 5.75 Å². The van der Waals surface area contributed by atoms with E-state index in [2.05, 4.69) is 60.7 Å². The molecule has 23 heavy (non-hydrogen) atoms. The molecule has 0 N–H and O–H groups in total. The number of hydrogen-bond donors (Lipinski definition) is 0. The van der Waals surface area contributed by atoms with Gasteiger partial charge in [0.2, 0.25) is 0 Å². The molecule has 0 bridgehead atoms. The molecule has 3 rings (SSSR count). The van der Waals surface area contributed by atoms with Crippen molar-refractivity contribution in [1.82, 2.24) is 0 Å². The van der Waals surface area contributed by atoms with Crippen LogP contribution >= 0.6 is 0 Å². The Morgan fingerprint density at radius 2 is 0.870 bits per heavy atom. The predicted molar refractivity (Wildman–Crippen MR) is 104 cm³/mol. The van der Waals surface area contributed by atoms with E-state index >= 15 is 0 Å². The summed E-state index contributed by atoms with van der Waals surface area (Å²) in [5.74, 6) is 0.723. The van der Waals surface area contributed by atoms with Crippen LogP contribution in [0.3, 0.4) is 0 Å². The zero-order chi connectivity index (χ0) is 16.2. The van der Waals surface area contributed by atoms with Crippen LogP contribution in [0.2, 0.25) is 0 Å². The van der Waals surface area contributed by atoms with Crippen molar-refractivity contribution in [1.29, 1.82) is 0 Å². The van der Waals surface area contributed by atoms with Gasteiger partial charge in [-0.15, -0.1) is 0 Å². The van der Waals surface area contributed by atoms with E-state index in [1.807, 2.05) is 30.3 Å². The van der Waals surface area contributed by atoms with E-state index < -0.39 is 0 Å². The van der Waals surface area contributed by atoms with Crippen molar-refractivity contribution in [3.63, 3.8) is 0 Å². The Balaban J connectivity index is 0.000000203. The molecule has 0 heterocycles. The van der Waals surface area contributed by atoms with Crippen LogP contribution in [0, 0.1) is 0 Å². The minimum atomic E-state index is -0.0825. The molecule has 2 radical (unpaired) electrons. The van der Waals surface area contributed by atoms with E-state index in [-0.39, 0.29) is 21.6 Å². The first kappa shape index (κ1) is 18.2. The molecule has 0 aliphatic heterocycles. The molecule has 0 saturated heterocycles. The van der Waals surface area contributed by atoms with Crippen LogP contribution in [0.5, 0.6) is 0 Å². The zero-order valence-electron chi connectivity index (χ0n) is 13.1. The van der Waals surface area contributed by atoms with Gasteiger partial charge in [0.15, 0.2) is 0 Å². The van der Waals surface area contributed by atoms with Crippen LogP contribution in [-0.4, -0.2) is 21.6 Å². The topological polar surface area (TPSA) is 0 Å². The van der Waals surface area contributed by atoms with Gasteiger partial charge in [-0.3, -0.25) is 0 Å². The Hall–Kier alpha value is -1.17. The Bertz CT molecular complexity index is 599. The minimum absolute atomic E-state index is 0.0825. The second-order valence-corrected chi connectivity index (χ2v) is 8.51. The normalized spacial score (nSPS) is 9.78. The van der Waals surface area contributed by atoms with Crippen molar-refractivity contribution in [2.24, 2.45) is 0 Å². The first-order chi connectivity index (χ1) is 11.4. The van der Waals surface area contributed by atoms with E-state index in [1.165, 1.54) is 25.4 Å². The van der Waals surface area contributed by atoms with Crippen molar-refractivity contribution in [3.8, 4) is 0 Å². The molecule has 0 unspecified atom stereocenters. The van der Waals surface area contributed by atoms with Gasteiger partial charge in [0.25, 0.3) is 0 Å². The Morgan fingerprint density at radius 3 is 1.17 bits per heavy atom. The van der Waals surface area contributed by atoms with E-state index in [1.54, 1.807) is 0 Å². The van der Waals surface area contributed by atoms with Gasteiger partial charge in [0.1, 0.15) is 0 Å². The number of rotatable bonds is 5. The number of benzene rings is 3. The maximum absolute atomic E-state index is 4.82. The summed E-state index contributed by atoms with van der Waals surface area (Å²) in [4.78, 5) is 0. The summed E-state index contributed by atoms with van der Waals surface area (Å²) in [7, 11) is 0. The van der Waals surface area contributed by atoms with E-state index in [9.17, 15) is 0 Å². The Morgan fingerprint density at radius 1 is 0.522 bits per heavy atom. The van der Waals surface area contributed by atoms with Crippen LogP contribution in [0.15, 0.2) is 91.0 Å². The molecule has 0 spiro atoms. The fraction of sp³-hybridized carbons (Fsp3) is 0.143. The first-order valence-electron chi connectivity index (χ1n) is 7.71. The quantitative estimate of drug-likeness (QED) is 0.416. The molecule has 0 atom stereocenters. The third-order valence-electron chi connectivity index (χ3n) is 3.28. The molecule has 0 aliphatic rings. The second-order valence-electron chi connectivity index (χ2n) is 5.14. The van der Waals surface area contributed by atoms with Crippen molar-refractivity contribution >= 4 is 34.2 Å². The van der Waals surface area contributed by atoms with Gasteiger partial charge in [-0.1, -0.05) is 35.9 Å². The third-order valence-corrected chi connectivity index (χ3v) is 6.98. The van der Waals surface area contributed by atoms with Gasteiger partial charge in [0.05, 0.1) is 0 Å².